The van der Waals surface area contributed by atoms with E-state index in [1.54, 1.807) is 31.3 Å². The Morgan fingerprint density at radius 1 is 1.10 bits per heavy atom. The summed E-state index contributed by atoms with van der Waals surface area (Å²) < 4.78 is 31.6. The highest BCUT2D eigenvalue weighted by Gasteiger charge is 2.59. The molecular weight excluding hydrogens is 559 g/mol. The minimum absolute atomic E-state index is 0.0931. The van der Waals surface area contributed by atoms with Gasteiger partial charge in [-0.2, -0.15) is 0 Å². The molecule has 1 aliphatic heterocycles. The molecule has 1 fully saturated rings. The van der Waals surface area contributed by atoms with Gasteiger partial charge < -0.3 is 26.2 Å². The third-order valence-electron chi connectivity index (χ3n) is 7.50. The molecule has 10 heteroatoms. The van der Waals surface area contributed by atoms with Gasteiger partial charge in [-0.25, -0.2) is 13.6 Å². The summed E-state index contributed by atoms with van der Waals surface area (Å²) in [6.45, 7) is 6.15. The topological polar surface area (TPSA) is 93.6 Å². The van der Waals surface area contributed by atoms with Crippen LogP contribution in [0.1, 0.15) is 54.6 Å². The largest absolute Gasteiger partial charge is 0.478 e. The Labute approximate surface area is 242 Å². The minimum atomic E-state index is -1.30. The van der Waals surface area contributed by atoms with Crippen molar-refractivity contribution < 1.29 is 23.8 Å². The second-order valence-corrected chi connectivity index (χ2v) is 12.2. The zero-order chi connectivity index (χ0) is 29.4. The highest BCUT2D eigenvalue weighted by atomic mass is 35.5. The first-order chi connectivity index (χ1) is 18.8. The van der Waals surface area contributed by atoms with E-state index in [2.05, 4.69) is 16.0 Å². The van der Waals surface area contributed by atoms with Gasteiger partial charge in [0.05, 0.1) is 22.2 Å². The number of carbonyl (C=O) groups is 1. The predicted octanol–water partition coefficient (Wildman–Crippen LogP) is 6.38. The second kappa shape index (κ2) is 11.6. The summed E-state index contributed by atoms with van der Waals surface area (Å²) in [6.07, 6.45) is -0.766. The van der Waals surface area contributed by atoms with E-state index in [0.29, 0.717) is 12.1 Å². The van der Waals surface area contributed by atoms with Crippen LogP contribution in [0, 0.1) is 17.0 Å². The Morgan fingerprint density at radius 3 is 2.35 bits per heavy atom. The minimum Gasteiger partial charge on any atom is -0.478 e. The molecule has 0 aliphatic carbocycles. The highest BCUT2D eigenvalue weighted by molar-refractivity contribution is 6.31. The maximum Gasteiger partial charge on any atom is 0.335 e. The van der Waals surface area contributed by atoms with Crippen molar-refractivity contribution in [2.75, 3.05) is 12.4 Å². The number of hydrogen-bond donors (Lipinski definition) is 5. The maximum atomic E-state index is 15.8. The number of benzene rings is 3. The first-order valence-corrected chi connectivity index (χ1v) is 13.7. The zero-order valence-electron chi connectivity index (χ0n) is 22.6. The van der Waals surface area contributed by atoms with Gasteiger partial charge in [-0.1, -0.05) is 62.2 Å². The molecule has 0 bridgehead atoms. The van der Waals surface area contributed by atoms with Gasteiger partial charge in [-0.15, -0.1) is 0 Å². The normalized spacial score (nSPS) is 23.7. The number of aliphatic hydroxyl groups is 1. The van der Waals surface area contributed by atoms with E-state index in [0.717, 1.165) is 0 Å². The molecule has 3 aromatic carbocycles. The van der Waals surface area contributed by atoms with Crippen LogP contribution in [0.15, 0.2) is 60.7 Å². The molecule has 0 aromatic heterocycles. The average molecular weight is 593 g/mol. The Hall–Kier alpha value is -2.75. The summed E-state index contributed by atoms with van der Waals surface area (Å²) in [4.78, 5) is 11.3. The Balaban J connectivity index is 1.91. The third kappa shape index (κ3) is 5.83. The number of halogens is 4. The van der Waals surface area contributed by atoms with Gasteiger partial charge in [0.2, 0.25) is 0 Å². The van der Waals surface area contributed by atoms with Gasteiger partial charge in [-0.05, 0) is 66.9 Å². The van der Waals surface area contributed by atoms with Crippen molar-refractivity contribution in [2.24, 2.45) is 5.41 Å². The Bertz CT molecular complexity index is 1380. The highest BCUT2D eigenvalue weighted by Crippen LogP contribution is 2.51. The SMILES string of the molecule is CNC1(c2ccc(Cl)cc2F)C(CC(C)(C)C)NC(C(O)Nc2ccc(C(=O)O)cc2)C1c1cccc(Cl)c1F. The lowest BCUT2D eigenvalue weighted by Gasteiger charge is -2.43. The van der Waals surface area contributed by atoms with E-state index < -0.39 is 47.4 Å². The maximum absolute atomic E-state index is 15.8. The number of nitrogens with one attached hydrogen (secondary N) is 3. The summed E-state index contributed by atoms with van der Waals surface area (Å²) >= 11 is 12.3. The fourth-order valence-electron chi connectivity index (χ4n) is 5.88. The lowest BCUT2D eigenvalue weighted by molar-refractivity contribution is 0.0697. The molecule has 0 saturated carbocycles. The first kappa shape index (κ1) is 30.2. The van der Waals surface area contributed by atoms with Crippen molar-refractivity contribution in [1.29, 1.82) is 0 Å². The summed E-state index contributed by atoms with van der Waals surface area (Å²) in [5.74, 6) is -3.17. The Kier molecular flexibility index (Phi) is 8.78. The standard InChI is InChI=1S/C30H33Cl2F2N3O3/c1-29(2,3)15-23-30(35-4,20-13-10-17(31)14-22(20)33)24(19-6-5-7-21(32)25(19)34)26(37-23)27(38)36-18-11-8-16(9-12-18)28(39)40/h5-14,23-24,26-27,35-38H,15H2,1-4H3,(H,39,40). The summed E-state index contributed by atoms with van der Waals surface area (Å²) in [5.41, 5.74) is -0.459. The van der Waals surface area contributed by atoms with E-state index in [4.69, 9.17) is 23.2 Å². The summed E-state index contributed by atoms with van der Waals surface area (Å²) in [7, 11) is 1.69. The number of aliphatic hydroxyl groups excluding tert-OH is 1. The van der Waals surface area contributed by atoms with Gasteiger partial charge in [-0.3, -0.25) is 0 Å². The molecule has 5 atom stereocenters. The molecule has 4 rings (SSSR count). The number of carboxylic acid groups (broad SMARTS) is 1. The molecule has 1 saturated heterocycles. The van der Waals surface area contributed by atoms with Crippen LogP contribution in [0.2, 0.25) is 10.0 Å². The number of aromatic carboxylic acids is 1. The number of likely N-dealkylation sites (N-methyl/N-ethyl adjacent to an activating group) is 1. The van der Waals surface area contributed by atoms with Crippen LogP contribution >= 0.6 is 23.2 Å². The average Bonchev–Trinajstić information content (AvgIpc) is 3.19. The van der Waals surface area contributed by atoms with Crippen LogP contribution in [0.5, 0.6) is 0 Å². The van der Waals surface area contributed by atoms with E-state index in [1.165, 1.54) is 36.4 Å². The van der Waals surface area contributed by atoms with Gasteiger partial charge >= 0.3 is 5.97 Å². The third-order valence-corrected chi connectivity index (χ3v) is 8.03. The monoisotopic (exact) mass is 591 g/mol. The lowest BCUT2D eigenvalue weighted by Crippen LogP contribution is -2.54. The van der Waals surface area contributed by atoms with E-state index in [9.17, 15) is 15.0 Å². The molecule has 3 aromatic rings. The van der Waals surface area contributed by atoms with Crippen molar-refractivity contribution in [3.05, 3.63) is 99.0 Å². The van der Waals surface area contributed by atoms with Gasteiger partial charge in [0.25, 0.3) is 0 Å². The molecule has 1 aliphatic rings. The summed E-state index contributed by atoms with van der Waals surface area (Å²) in [6, 6.07) is 13.6. The van der Waals surface area contributed by atoms with Crippen LogP contribution in [0.4, 0.5) is 14.5 Å². The van der Waals surface area contributed by atoms with Crippen molar-refractivity contribution in [3.63, 3.8) is 0 Å². The molecule has 5 unspecified atom stereocenters. The quantitative estimate of drug-likeness (QED) is 0.195. The van der Waals surface area contributed by atoms with Crippen LogP contribution < -0.4 is 16.0 Å². The second-order valence-electron chi connectivity index (χ2n) is 11.3. The van der Waals surface area contributed by atoms with Crippen LogP contribution in [0.25, 0.3) is 0 Å². The number of anilines is 1. The molecule has 40 heavy (non-hydrogen) atoms. The molecule has 0 radical (unpaired) electrons. The molecule has 214 valence electrons. The zero-order valence-corrected chi connectivity index (χ0v) is 24.1. The molecule has 6 nitrogen and oxygen atoms in total. The number of carboxylic acids is 1. The first-order valence-electron chi connectivity index (χ1n) is 12.9. The summed E-state index contributed by atoms with van der Waals surface area (Å²) in [5, 5.41) is 30.8. The lowest BCUT2D eigenvalue weighted by atomic mass is 9.67. The molecular formula is C30H33Cl2F2N3O3. The van der Waals surface area contributed by atoms with Crippen molar-refractivity contribution in [1.82, 2.24) is 10.6 Å². The van der Waals surface area contributed by atoms with Gasteiger partial charge in [0.1, 0.15) is 17.9 Å². The van der Waals surface area contributed by atoms with Crippen LogP contribution in [0.3, 0.4) is 0 Å². The van der Waals surface area contributed by atoms with E-state index in [1.807, 2.05) is 20.8 Å². The molecule has 1 heterocycles. The van der Waals surface area contributed by atoms with Crippen LogP contribution in [-0.4, -0.2) is 41.5 Å². The van der Waals surface area contributed by atoms with Gasteiger partial charge in [0.15, 0.2) is 0 Å². The van der Waals surface area contributed by atoms with Crippen LogP contribution in [-0.2, 0) is 5.54 Å². The number of hydrogen-bond acceptors (Lipinski definition) is 5. The number of rotatable bonds is 8. The fourth-order valence-corrected chi connectivity index (χ4v) is 6.22. The Morgan fingerprint density at radius 2 is 1.77 bits per heavy atom. The van der Waals surface area contributed by atoms with Crippen molar-refractivity contribution in [3.8, 4) is 0 Å². The molecule has 0 spiro atoms. The van der Waals surface area contributed by atoms with E-state index >= 15 is 8.78 Å². The van der Waals surface area contributed by atoms with Crippen molar-refractivity contribution >= 4 is 34.9 Å². The predicted molar refractivity (Wildman–Crippen MR) is 154 cm³/mol. The van der Waals surface area contributed by atoms with Gasteiger partial charge in [0, 0.05) is 28.2 Å². The smallest absolute Gasteiger partial charge is 0.335 e. The van der Waals surface area contributed by atoms with E-state index in [-0.39, 0.29) is 32.2 Å². The van der Waals surface area contributed by atoms with Crippen molar-refractivity contribution in [2.45, 2.75) is 57.0 Å². The molecule has 0 amide bonds. The molecule has 5 N–H and O–H groups in total. The fraction of sp³-hybridized carbons (Fsp3) is 0.367.